The third kappa shape index (κ3) is 3.70. The molecule has 0 unspecified atom stereocenters. The Bertz CT molecular complexity index is 721. The van der Waals surface area contributed by atoms with Gasteiger partial charge in [0.1, 0.15) is 5.75 Å². The number of pyridine rings is 1. The van der Waals surface area contributed by atoms with Crippen LogP contribution in [0, 0.1) is 0 Å². The van der Waals surface area contributed by atoms with Gasteiger partial charge in [0.25, 0.3) is 5.56 Å². The first-order valence-corrected chi connectivity index (χ1v) is 8.76. The molecule has 1 fully saturated rings. The Morgan fingerprint density at radius 1 is 1.22 bits per heavy atom. The van der Waals surface area contributed by atoms with Gasteiger partial charge in [-0.15, -0.1) is 0 Å². The van der Waals surface area contributed by atoms with Gasteiger partial charge >= 0.3 is 0 Å². The van der Waals surface area contributed by atoms with Crippen LogP contribution in [0.2, 0.25) is 5.02 Å². The van der Waals surface area contributed by atoms with Crippen LogP contribution < -0.4 is 15.6 Å². The van der Waals surface area contributed by atoms with Gasteiger partial charge in [-0.2, -0.15) is 0 Å². The van der Waals surface area contributed by atoms with Gasteiger partial charge in [-0.25, -0.2) is 0 Å². The molecule has 0 radical (unpaired) electrons. The third-order valence-corrected chi connectivity index (χ3v) is 4.89. The first-order chi connectivity index (χ1) is 11.2. The molecular weight excluding hydrogens is 312 g/mol. The second-order valence-electron chi connectivity index (χ2n) is 6.19. The molecule has 4 nitrogen and oxygen atoms in total. The molecule has 0 spiro atoms. The molecule has 2 N–H and O–H groups in total. The molecule has 1 saturated carbocycles. The minimum absolute atomic E-state index is 0.126. The zero-order chi connectivity index (χ0) is 16.2. The van der Waals surface area contributed by atoms with Gasteiger partial charge in [-0.3, -0.25) is 4.79 Å². The van der Waals surface area contributed by atoms with Crippen LogP contribution in [-0.4, -0.2) is 23.7 Å². The van der Waals surface area contributed by atoms with Crippen molar-refractivity contribution < 1.29 is 4.74 Å². The largest absolute Gasteiger partial charge is 0.489 e. The molecule has 0 atom stereocenters. The highest BCUT2D eigenvalue weighted by Crippen LogP contribution is 2.33. The highest BCUT2D eigenvalue weighted by atomic mass is 35.5. The Morgan fingerprint density at radius 2 is 2.00 bits per heavy atom. The Labute approximate surface area is 141 Å². The van der Waals surface area contributed by atoms with E-state index in [0.29, 0.717) is 22.2 Å². The van der Waals surface area contributed by atoms with Crippen molar-refractivity contribution >= 4 is 22.4 Å². The second-order valence-corrected chi connectivity index (χ2v) is 6.57. The quantitative estimate of drug-likeness (QED) is 0.872. The topological polar surface area (TPSA) is 54.1 Å². The van der Waals surface area contributed by atoms with E-state index in [1.807, 2.05) is 6.07 Å². The van der Waals surface area contributed by atoms with Crippen LogP contribution in [-0.2, 0) is 0 Å². The molecule has 5 heteroatoms. The standard InChI is InChI=1S/C18H23ClN2O2/c1-2-10-20-12-3-5-13(6-4-12)23-16-8-7-15-14(17(16)19)9-11-21-18(15)22/h7-9,11-13,20H,2-6,10H2,1H3,(H,21,22). The van der Waals surface area contributed by atoms with E-state index in [1.165, 1.54) is 6.42 Å². The van der Waals surface area contributed by atoms with E-state index in [9.17, 15) is 4.79 Å². The Morgan fingerprint density at radius 3 is 2.74 bits per heavy atom. The van der Waals surface area contributed by atoms with E-state index in [0.717, 1.165) is 37.6 Å². The first kappa shape index (κ1) is 16.3. The normalized spacial score (nSPS) is 21.5. The van der Waals surface area contributed by atoms with Crippen molar-refractivity contribution in [2.24, 2.45) is 0 Å². The molecule has 1 aromatic heterocycles. The van der Waals surface area contributed by atoms with Crippen molar-refractivity contribution in [2.75, 3.05) is 6.54 Å². The van der Waals surface area contributed by atoms with Gasteiger partial charge in [0.15, 0.2) is 0 Å². The summed E-state index contributed by atoms with van der Waals surface area (Å²) in [5.41, 5.74) is -0.126. The van der Waals surface area contributed by atoms with Crippen LogP contribution in [0.25, 0.3) is 10.8 Å². The fraction of sp³-hybridized carbons (Fsp3) is 0.500. The lowest BCUT2D eigenvalue weighted by Crippen LogP contribution is -2.36. The number of H-pyrrole nitrogens is 1. The lowest BCUT2D eigenvalue weighted by Gasteiger charge is -2.30. The smallest absolute Gasteiger partial charge is 0.255 e. The molecule has 0 amide bonds. The molecule has 0 bridgehead atoms. The number of nitrogens with one attached hydrogen (secondary N) is 2. The predicted octanol–water partition coefficient (Wildman–Crippen LogP) is 3.87. The van der Waals surface area contributed by atoms with Gasteiger partial charge in [-0.05, 0) is 56.8 Å². The van der Waals surface area contributed by atoms with Crippen LogP contribution in [0.15, 0.2) is 29.2 Å². The highest BCUT2D eigenvalue weighted by Gasteiger charge is 2.23. The van der Waals surface area contributed by atoms with Crippen LogP contribution >= 0.6 is 11.6 Å². The minimum atomic E-state index is -0.126. The molecular formula is C18H23ClN2O2. The molecule has 23 heavy (non-hydrogen) atoms. The van der Waals surface area contributed by atoms with E-state index >= 15 is 0 Å². The summed E-state index contributed by atoms with van der Waals surface area (Å²) in [6.07, 6.45) is 7.32. The molecule has 1 aliphatic carbocycles. The number of benzene rings is 1. The molecule has 124 valence electrons. The van der Waals surface area contributed by atoms with E-state index in [2.05, 4.69) is 17.2 Å². The molecule has 0 aliphatic heterocycles. The van der Waals surface area contributed by atoms with Crippen LogP contribution in [0.4, 0.5) is 0 Å². The molecule has 1 heterocycles. The predicted molar refractivity (Wildman–Crippen MR) is 94.5 cm³/mol. The van der Waals surface area contributed by atoms with Crippen molar-refractivity contribution in [3.05, 3.63) is 39.8 Å². The van der Waals surface area contributed by atoms with Crippen molar-refractivity contribution in [1.82, 2.24) is 10.3 Å². The van der Waals surface area contributed by atoms with Crippen molar-refractivity contribution in [2.45, 2.75) is 51.2 Å². The van der Waals surface area contributed by atoms with Crippen LogP contribution in [0.3, 0.4) is 0 Å². The Hall–Kier alpha value is -1.52. The molecule has 2 aromatic rings. The van der Waals surface area contributed by atoms with Crippen molar-refractivity contribution in [3.8, 4) is 5.75 Å². The average molecular weight is 335 g/mol. The van der Waals surface area contributed by atoms with Crippen LogP contribution in [0.1, 0.15) is 39.0 Å². The van der Waals surface area contributed by atoms with E-state index in [1.54, 1.807) is 18.3 Å². The number of rotatable bonds is 5. The third-order valence-electron chi connectivity index (χ3n) is 4.50. The monoisotopic (exact) mass is 334 g/mol. The summed E-state index contributed by atoms with van der Waals surface area (Å²) in [6, 6.07) is 6.02. The number of halogens is 1. The highest BCUT2D eigenvalue weighted by molar-refractivity contribution is 6.37. The van der Waals surface area contributed by atoms with Gasteiger partial charge < -0.3 is 15.0 Å². The summed E-state index contributed by atoms with van der Waals surface area (Å²) < 4.78 is 6.11. The van der Waals surface area contributed by atoms with Crippen molar-refractivity contribution in [1.29, 1.82) is 0 Å². The fourth-order valence-corrected chi connectivity index (χ4v) is 3.49. The number of fused-ring (bicyclic) bond motifs is 1. The molecule has 0 saturated heterocycles. The van der Waals surface area contributed by atoms with E-state index in [4.69, 9.17) is 16.3 Å². The SMILES string of the molecule is CCCNC1CCC(Oc2ccc3c(=O)[nH]ccc3c2Cl)CC1. The maximum Gasteiger partial charge on any atom is 0.255 e. The summed E-state index contributed by atoms with van der Waals surface area (Å²) >= 11 is 6.44. The number of aromatic amines is 1. The van der Waals surface area contributed by atoms with Gasteiger partial charge in [0.05, 0.1) is 11.1 Å². The summed E-state index contributed by atoms with van der Waals surface area (Å²) in [5, 5.41) is 5.44. The van der Waals surface area contributed by atoms with Crippen LogP contribution in [0.5, 0.6) is 5.75 Å². The fourth-order valence-electron chi connectivity index (χ4n) is 3.22. The number of hydrogen-bond donors (Lipinski definition) is 2. The lowest BCUT2D eigenvalue weighted by atomic mass is 9.93. The zero-order valence-electron chi connectivity index (χ0n) is 13.4. The summed E-state index contributed by atoms with van der Waals surface area (Å²) in [4.78, 5) is 14.5. The van der Waals surface area contributed by atoms with E-state index in [-0.39, 0.29) is 11.7 Å². The van der Waals surface area contributed by atoms with E-state index < -0.39 is 0 Å². The second kappa shape index (κ2) is 7.37. The Kier molecular flexibility index (Phi) is 5.23. The summed E-state index contributed by atoms with van der Waals surface area (Å²) in [5.74, 6) is 0.676. The van der Waals surface area contributed by atoms with Crippen molar-refractivity contribution in [3.63, 3.8) is 0 Å². The maximum atomic E-state index is 11.8. The maximum absolute atomic E-state index is 11.8. The van der Waals surface area contributed by atoms with Gasteiger partial charge in [0, 0.05) is 23.0 Å². The molecule has 3 rings (SSSR count). The first-order valence-electron chi connectivity index (χ1n) is 8.39. The zero-order valence-corrected chi connectivity index (χ0v) is 14.2. The summed E-state index contributed by atoms with van der Waals surface area (Å²) in [6.45, 7) is 3.27. The van der Waals surface area contributed by atoms with Gasteiger partial charge in [0.2, 0.25) is 0 Å². The Balaban J connectivity index is 1.68. The van der Waals surface area contributed by atoms with Gasteiger partial charge in [-0.1, -0.05) is 18.5 Å². The number of aromatic nitrogens is 1. The number of ether oxygens (including phenoxy) is 1. The lowest BCUT2D eigenvalue weighted by molar-refractivity contribution is 0.140. The minimum Gasteiger partial charge on any atom is -0.489 e. The summed E-state index contributed by atoms with van der Waals surface area (Å²) in [7, 11) is 0. The number of hydrogen-bond acceptors (Lipinski definition) is 3. The molecule has 1 aromatic carbocycles. The average Bonchev–Trinajstić information content (AvgIpc) is 2.57. The molecule has 1 aliphatic rings.